The second-order valence-electron chi connectivity index (χ2n) is 5.36. The lowest BCUT2D eigenvalue weighted by Gasteiger charge is -2.20. The smallest absolute Gasteiger partial charge is 0.0587 e. The average Bonchev–Trinajstić information content (AvgIpc) is 2.52. The molecule has 2 aromatic rings. The van der Waals surface area contributed by atoms with Crippen molar-refractivity contribution in [3.63, 3.8) is 0 Å². The van der Waals surface area contributed by atoms with Crippen LogP contribution in [0.1, 0.15) is 49.4 Å². The first-order valence-electron chi connectivity index (χ1n) is 7.83. The molecule has 1 atom stereocenters. The minimum absolute atomic E-state index is 0.241. The van der Waals surface area contributed by atoms with E-state index in [1.54, 1.807) is 0 Å². The molecule has 0 spiro atoms. The highest BCUT2D eigenvalue weighted by Crippen LogP contribution is 2.28. The largest absolute Gasteiger partial charge is 0.306 e. The van der Waals surface area contributed by atoms with E-state index in [9.17, 15) is 0 Å². The fraction of sp³-hybridized carbons (Fsp3) is 0.368. The predicted molar refractivity (Wildman–Crippen MR) is 94.7 cm³/mol. The third-order valence-corrected chi connectivity index (χ3v) is 4.48. The van der Waals surface area contributed by atoms with Gasteiger partial charge in [0.25, 0.3) is 0 Å². The Morgan fingerprint density at radius 3 is 2.33 bits per heavy atom. The summed E-state index contributed by atoms with van der Waals surface area (Å²) in [4.78, 5) is 0. The van der Waals surface area contributed by atoms with Gasteiger partial charge in [0.2, 0.25) is 0 Å². The minimum atomic E-state index is 0.241. The second kappa shape index (κ2) is 8.35. The molecule has 1 N–H and O–H groups in total. The van der Waals surface area contributed by atoms with E-state index in [-0.39, 0.29) is 6.04 Å². The van der Waals surface area contributed by atoms with Crippen molar-refractivity contribution < 1.29 is 0 Å². The van der Waals surface area contributed by atoms with Crippen molar-refractivity contribution in [1.82, 2.24) is 5.32 Å². The van der Waals surface area contributed by atoms with Crippen LogP contribution in [0.3, 0.4) is 0 Å². The lowest BCUT2D eigenvalue weighted by Crippen LogP contribution is -2.22. The van der Waals surface area contributed by atoms with E-state index in [0.717, 1.165) is 11.0 Å². The molecule has 0 aromatic heterocycles. The van der Waals surface area contributed by atoms with E-state index in [0.29, 0.717) is 0 Å². The highest BCUT2D eigenvalue weighted by Gasteiger charge is 2.15. The molecule has 21 heavy (non-hydrogen) atoms. The zero-order chi connectivity index (χ0) is 15.1. The zero-order valence-corrected chi connectivity index (χ0v) is 14.5. The van der Waals surface area contributed by atoms with Crippen molar-refractivity contribution in [2.45, 2.75) is 39.2 Å². The van der Waals surface area contributed by atoms with E-state index in [1.165, 1.54) is 36.0 Å². The van der Waals surface area contributed by atoms with Gasteiger partial charge in [-0.2, -0.15) is 0 Å². The van der Waals surface area contributed by atoms with Crippen LogP contribution < -0.4 is 5.32 Å². The van der Waals surface area contributed by atoms with Gasteiger partial charge in [-0.3, -0.25) is 0 Å². The third-order valence-electron chi connectivity index (χ3n) is 3.76. The fourth-order valence-electron chi connectivity index (χ4n) is 2.58. The molecule has 2 aromatic carbocycles. The van der Waals surface area contributed by atoms with Gasteiger partial charge in [-0.25, -0.2) is 0 Å². The molecule has 0 heterocycles. The van der Waals surface area contributed by atoms with E-state index in [1.807, 2.05) is 0 Å². The maximum Gasteiger partial charge on any atom is 0.0587 e. The summed E-state index contributed by atoms with van der Waals surface area (Å²) in [5, 5.41) is 3.59. The number of benzene rings is 2. The summed E-state index contributed by atoms with van der Waals surface area (Å²) >= 11 is 3.67. The van der Waals surface area contributed by atoms with E-state index >= 15 is 0 Å². The molecule has 0 aliphatic rings. The van der Waals surface area contributed by atoms with Crippen LogP contribution in [-0.4, -0.2) is 6.54 Å². The molecule has 0 aliphatic heterocycles. The summed E-state index contributed by atoms with van der Waals surface area (Å²) in [6, 6.07) is 17.8. The van der Waals surface area contributed by atoms with Gasteiger partial charge in [0.05, 0.1) is 6.04 Å². The molecule has 0 bridgehead atoms. The molecular formula is C19H24BrN. The Morgan fingerprint density at radius 2 is 1.71 bits per heavy atom. The second-order valence-corrected chi connectivity index (χ2v) is 6.21. The molecule has 2 rings (SSSR count). The molecule has 0 aliphatic carbocycles. The normalized spacial score (nSPS) is 12.3. The van der Waals surface area contributed by atoms with Crippen molar-refractivity contribution >= 4 is 15.9 Å². The number of hydrogen-bond acceptors (Lipinski definition) is 1. The van der Waals surface area contributed by atoms with E-state index in [2.05, 4.69) is 83.6 Å². The van der Waals surface area contributed by atoms with Gasteiger partial charge in [0, 0.05) is 4.47 Å². The maximum absolute atomic E-state index is 3.67. The van der Waals surface area contributed by atoms with Gasteiger partial charge in [-0.15, -0.1) is 0 Å². The first-order chi connectivity index (χ1) is 10.3. The Labute approximate surface area is 136 Å². The van der Waals surface area contributed by atoms with Crippen LogP contribution in [0.15, 0.2) is 53.0 Å². The number of aryl methyl sites for hydroxylation is 1. The van der Waals surface area contributed by atoms with Crippen molar-refractivity contribution in [3.8, 4) is 0 Å². The van der Waals surface area contributed by atoms with Crippen molar-refractivity contribution in [2.75, 3.05) is 6.54 Å². The molecule has 2 heteroatoms. The lowest BCUT2D eigenvalue weighted by atomic mass is 9.96. The molecule has 0 fully saturated rings. The van der Waals surface area contributed by atoms with Gasteiger partial charge in [-0.1, -0.05) is 78.7 Å². The summed E-state index contributed by atoms with van der Waals surface area (Å²) in [6.07, 6.45) is 3.69. The average molecular weight is 346 g/mol. The van der Waals surface area contributed by atoms with Gasteiger partial charge in [-0.05, 0) is 42.1 Å². The van der Waals surface area contributed by atoms with Crippen molar-refractivity contribution in [1.29, 1.82) is 0 Å². The number of hydrogen-bond donors (Lipinski definition) is 1. The quantitative estimate of drug-likeness (QED) is 0.699. The Kier molecular flexibility index (Phi) is 6.47. The fourth-order valence-corrected chi connectivity index (χ4v) is 3.09. The number of nitrogens with one attached hydrogen (secondary N) is 1. The number of halogens is 1. The molecule has 1 unspecified atom stereocenters. The lowest BCUT2D eigenvalue weighted by molar-refractivity contribution is 0.628. The Morgan fingerprint density at radius 1 is 1.00 bits per heavy atom. The number of unbranched alkanes of at least 4 members (excludes halogenated alkanes) is 1. The van der Waals surface area contributed by atoms with Crippen molar-refractivity contribution in [2.24, 2.45) is 0 Å². The van der Waals surface area contributed by atoms with Gasteiger partial charge >= 0.3 is 0 Å². The van der Waals surface area contributed by atoms with Crippen LogP contribution in [0.25, 0.3) is 0 Å². The molecule has 0 radical (unpaired) electrons. The Bertz CT molecular complexity index is 548. The van der Waals surface area contributed by atoms with Crippen LogP contribution in [0.4, 0.5) is 0 Å². The highest BCUT2D eigenvalue weighted by molar-refractivity contribution is 9.10. The van der Waals surface area contributed by atoms with Crippen LogP contribution in [0, 0.1) is 0 Å². The van der Waals surface area contributed by atoms with Gasteiger partial charge in [0.1, 0.15) is 0 Å². The molecule has 0 amide bonds. The third kappa shape index (κ3) is 4.42. The topological polar surface area (TPSA) is 12.0 Å². The molecule has 1 nitrogen and oxygen atoms in total. The molecule has 112 valence electrons. The standard InChI is InChI=1S/C19H24BrN/c1-3-5-8-15-11-13-16(14-12-15)19(21-4-2)17-9-6-7-10-18(17)20/h6-7,9-14,19,21H,3-5,8H2,1-2H3. The maximum atomic E-state index is 3.67. The van der Waals surface area contributed by atoms with Crippen LogP contribution >= 0.6 is 15.9 Å². The van der Waals surface area contributed by atoms with Gasteiger partial charge in [0.15, 0.2) is 0 Å². The van der Waals surface area contributed by atoms with Gasteiger partial charge < -0.3 is 5.32 Å². The molecular weight excluding hydrogens is 322 g/mol. The zero-order valence-electron chi connectivity index (χ0n) is 12.9. The summed E-state index contributed by atoms with van der Waals surface area (Å²) in [7, 11) is 0. The molecule has 0 saturated carbocycles. The summed E-state index contributed by atoms with van der Waals surface area (Å²) < 4.78 is 1.16. The van der Waals surface area contributed by atoms with E-state index < -0.39 is 0 Å². The first-order valence-corrected chi connectivity index (χ1v) is 8.62. The Balaban J connectivity index is 2.24. The number of rotatable bonds is 7. The highest BCUT2D eigenvalue weighted by atomic mass is 79.9. The van der Waals surface area contributed by atoms with Crippen LogP contribution in [-0.2, 0) is 6.42 Å². The summed E-state index contributed by atoms with van der Waals surface area (Å²) in [5.41, 5.74) is 4.05. The summed E-state index contributed by atoms with van der Waals surface area (Å²) in [5.74, 6) is 0. The predicted octanol–water partition coefficient (Wildman–Crippen LogP) is 5.49. The Hall–Kier alpha value is -1.12. The first kappa shape index (κ1) is 16.3. The minimum Gasteiger partial charge on any atom is -0.306 e. The SMILES string of the molecule is CCCCc1ccc(C(NCC)c2ccccc2Br)cc1. The summed E-state index contributed by atoms with van der Waals surface area (Å²) in [6.45, 7) is 5.34. The van der Waals surface area contributed by atoms with E-state index in [4.69, 9.17) is 0 Å². The van der Waals surface area contributed by atoms with Crippen LogP contribution in [0.5, 0.6) is 0 Å². The van der Waals surface area contributed by atoms with Crippen molar-refractivity contribution in [3.05, 3.63) is 69.7 Å². The van der Waals surface area contributed by atoms with Crippen LogP contribution in [0.2, 0.25) is 0 Å². The molecule has 0 saturated heterocycles. The monoisotopic (exact) mass is 345 g/mol.